The molecule has 0 aromatic heterocycles. The molecule has 0 atom stereocenters. The molecule has 59 valence electrons. The molecule has 0 aliphatic rings. The van der Waals surface area contributed by atoms with Crippen molar-refractivity contribution in [3.8, 4) is 5.75 Å². The van der Waals surface area contributed by atoms with Crippen LogP contribution in [0.15, 0.2) is 24.3 Å². The van der Waals surface area contributed by atoms with Crippen molar-refractivity contribution in [1.29, 1.82) is 0 Å². The van der Waals surface area contributed by atoms with E-state index in [0.29, 0.717) is 0 Å². The number of nitrogens with two attached hydrogens (primary N) is 1. The van der Waals surface area contributed by atoms with Crippen LogP contribution in [0.3, 0.4) is 0 Å². The Hall–Kier alpha value is -1.02. The fraction of sp³-hybridized carbons (Fsp3) is 0.333. The van der Waals surface area contributed by atoms with Gasteiger partial charge in [0.25, 0.3) is 0 Å². The lowest BCUT2D eigenvalue weighted by Gasteiger charge is -2.18. The van der Waals surface area contributed by atoms with Gasteiger partial charge in [0.15, 0.2) is 5.75 Å². The summed E-state index contributed by atoms with van der Waals surface area (Å²) in [7, 11) is 0. The van der Waals surface area contributed by atoms with Crippen molar-refractivity contribution >= 4 is 0 Å². The summed E-state index contributed by atoms with van der Waals surface area (Å²) in [4.78, 5) is 0. The molecule has 0 bridgehead atoms. The van der Waals surface area contributed by atoms with Gasteiger partial charge in [-0.1, -0.05) is 12.1 Å². The van der Waals surface area contributed by atoms with Crippen molar-refractivity contribution in [2.24, 2.45) is 5.73 Å². The van der Waals surface area contributed by atoms with E-state index in [0.717, 1.165) is 5.56 Å². The third-order valence-corrected chi connectivity index (χ3v) is 1.60. The maximum absolute atomic E-state index is 10.7. The van der Waals surface area contributed by atoms with Crippen LogP contribution in [0.4, 0.5) is 0 Å². The maximum atomic E-state index is 10.7. The van der Waals surface area contributed by atoms with Gasteiger partial charge in [0.2, 0.25) is 0 Å². The normalized spacial score (nSPS) is 11.5. The second-order valence-corrected chi connectivity index (χ2v) is 3.25. The van der Waals surface area contributed by atoms with Gasteiger partial charge >= 0.3 is 0 Å². The first-order chi connectivity index (χ1) is 5.00. The van der Waals surface area contributed by atoms with E-state index in [1.807, 2.05) is 13.8 Å². The van der Waals surface area contributed by atoms with Gasteiger partial charge in [0.1, 0.15) is 0 Å². The average Bonchev–Trinajstić information content (AvgIpc) is 1.86. The van der Waals surface area contributed by atoms with Crippen LogP contribution < -0.4 is 5.73 Å². The molecule has 0 heterocycles. The molecule has 0 unspecified atom stereocenters. The standard InChI is InChI=1S/C9H12NO/c1-9(2,10)7-3-5-8(11)6-4-7/h3-6H,10H2,1-2H3. The summed E-state index contributed by atoms with van der Waals surface area (Å²) in [5, 5.41) is 10.7. The number of hydrogen-bond donors (Lipinski definition) is 1. The van der Waals surface area contributed by atoms with Gasteiger partial charge in [-0.25, -0.2) is 0 Å². The predicted octanol–water partition coefficient (Wildman–Crippen LogP) is 2.02. The summed E-state index contributed by atoms with van der Waals surface area (Å²) in [6.45, 7) is 3.82. The second kappa shape index (κ2) is 2.55. The molecule has 11 heavy (non-hydrogen) atoms. The van der Waals surface area contributed by atoms with Crippen molar-refractivity contribution in [2.75, 3.05) is 0 Å². The highest BCUT2D eigenvalue weighted by Crippen LogP contribution is 2.19. The molecule has 2 N–H and O–H groups in total. The zero-order valence-corrected chi connectivity index (χ0v) is 6.79. The first-order valence-corrected chi connectivity index (χ1v) is 3.56. The summed E-state index contributed by atoms with van der Waals surface area (Å²) < 4.78 is 0. The van der Waals surface area contributed by atoms with Gasteiger partial charge in [0.05, 0.1) is 0 Å². The lowest BCUT2D eigenvalue weighted by Crippen LogP contribution is -2.28. The minimum Gasteiger partial charge on any atom is -0.322 e. The zero-order valence-electron chi connectivity index (χ0n) is 6.79. The third kappa shape index (κ3) is 1.95. The lowest BCUT2D eigenvalue weighted by atomic mass is 9.96. The summed E-state index contributed by atoms with van der Waals surface area (Å²) in [5.74, 6) is 0.0259. The predicted molar refractivity (Wildman–Crippen MR) is 43.8 cm³/mol. The van der Waals surface area contributed by atoms with E-state index >= 15 is 0 Å². The fourth-order valence-electron chi connectivity index (χ4n) is 0.884. The van der Waals surface area contributed by atoms with E-state index in [-0.39, 0.29) is 11.3 Å². The van der Waals surface area contributed by atoms with Crippen LogP contribution >= 0.6 is 0 Å². The molecule has 0 saturated carbocycles. The molecule has 1 aromatic rings. The molecule has 1 rings (SSSR count). The first-order valence-electron chi connectivity index (χ1n) is 3.56. The number of benzene rings is 1. The van der Waals surface area contributed by atoms with Gasteiger partial charge in [-0.15, -0.1) is 0 Å². The van der Waals surface area contributed by atoms with E-state index in [1.54, 1.807) is 12.1 Å². The van der Waals surface area contributed by atoms with Crippen molar-refractivity contribution in [2.45, 2.75) is 19.4 Å². The van der Waals surface area contributed by atoms with Gasteiger partial charge in [-0.05, 0) is 31.5 Å². The Kier molecular flexibility index (Phi) is 1.87. The zero-order chi connectivity index (χ0) is 8.48. The summed E-state index contributed by atoms with van der Waals surface area (Å²) in [6, 6.07) is 6.60. The van der Waals surface area contributed by atoms with Gasteiger partial charge in [-0.2, -0.15) is 0 Å². The highest BCUT2D eigenvalue weighted by Gasteiger charge is 2.12. The number of hydrogen-bond acceptors (Lipinski definition) is 1. The lowest BCUT2D eigenvalue weighted by molar-refractivity contribution is 0.354. The summed E-state index contributed by atoms with van der Waals surface area (Å²) in [6.07, 6.45) is 0. The molecule has 0 aliphatic carbocycles. The topological polar surface area (TPSA) is 45.9 Å². The van der Waals surface area contributed by atoms with Crippen LogP contribution in [-0.2, 0) is 10.6 Å². The Morgan fingerprint density at radius 1 is 1.18 bits per heavy atom. The van der Waals surface area contributed by atoms with Crippen LogP contribution in [0.1, 0.15) is 19.4 Å². The second-order valence-electron chi connectivity index (χ2n) is 3.25. The molecule has 0 fully saturated rings. The van der Waals surface area contributed by atoms with E-state index in [9.17, 15) is 5.11 Å². The molecular formula is C9H12NO. The molecule has 1 aromatic carbocycles. The minimum atomic E-state index is -0.353. The smallest absolute Gasteiger partial charge is 0.178 e. The minimum absolute atomic E-state index is 0.0259. The SMILES string of the molecule is CC(C)(N)c1ccc([O])cc1. The van der Waals surface area contributed by atoms with E-state index in [2.05, 4.69) is 0 Å². The van der Waals surface area contributed by atoms with Crippen LogP contribution in [-0.4, -0.2) is 0 Å². The van der Waals surface area contributed by atoms with E-state index in [1.165, 1.54) is 12.1 Å². The van der Waals surface area contributed by atoms with Gasteiger partial charge in [-0.3, -0.25) is 5.11 Å². The fourth-order valence-corrected chi connectivity index (χ4v) is 0.884. The molecule has 0 aliphatic heterocycles. The molecule has 2 heteroatoms. The molecule has 0 saturated heterocycles. The molecule has 2 nitrogen and oxygen atoms in total. The molecular weight excluding hydrogens is 138 g/mol. The Morgan fingerprint density at radius 2 is 1.64 bits per heavy atom. The Morgan fingerprint density at radius 3 is 2.00 bits per heavy atom. The van der Waals surface area contributed by atoms with Crippen LogP contribution in [0.2, 0.25) is 0 Å². The monoisotopic (exact) mass is 150 g/mol. The van der Waals surface area contributed by atoms with Crippen LogP contribution in [0, 0.1) is 0 Å². The number of rotatable bonds is 1. The van der Waals surface area contributed by atoms with Gasteiger partial charge in [0, 0.05) is 5.54 Å². The molecule has 0 spiro atoms. The van der Waals surface area contributed by atoms with Crippen molar-refractivity contribution in [3.63, 3.8) is 0 Å². The Labute approximate surface area is 66.7 Å². The van der Waals surface area contributed by atoms with Crippen LogP contribution in [0.25, 0.3) is 0 Å². The Balaban J connectivity index is 2.99. The van der Waals surface area contributed by atoms with Crippen molar-refractivity contribution in [3.05, 3.63) is 29.8 Å². The van der Waals surface area contributed by atoms with Crippen LogP contribution in [0.5, 0.6) is 5.75 Å². The average molecular weight is 150 g/mol. The third-order valence-electron chi connectivity index (χ3n) is 1.60. The highest BCUT2D eigenvalue weighted by atomic mass is 16.3. The summed E-state index contributed by atoms with van der Waals surface area (Å²) >= 11 is 0. The molecule has 1 radical (unpaired) electrons. The maximum Gasteiger partial charge on any atom is 0.178 e. The van der Waals surface area contributed by atoms with Crippen molar-refractivity contribution < 1.29 is 5.11 Å². The van der Waals surface area contributed by atoms with E-state index < -0.39 is 0 Å². The first kappa shape index (κ1) is 8.08. The summed E-state index contributed by atoms with van der Waals surface area (Å²) in [5.41, 5.74) is 6.43. The quantitative estimate of drug-likeness (QED) is 0.654. The largest absolute Gasteiger partial charge is 0.322 e. The van der Waals surface area contributed by atoms with Crippen molar-refractivity contribution in [1.82, 2.24) is 0 Å². The van der Waals surface area contributed by atoms with E-state index in [4.69, 9.17) is 5.73 Å². The Bertz CT molecular complexity index is 233. The van der Waals surface area contributed by atoms with Gasteiger partial charge < -0.3 is 5.73 Å². The highest BCUT2D eigenvalue weighted by molar-refractivity contribution is 5.29. The molecule has 0 amide bonds.